The smallest absolute Gasteiger partial charge is 0.240 e. The van der Waals surface area contributed by atoms with Gasteiger partial charge in [0.2, 0.25) is 5.91 Å². The third kappa shape index (κ3) is 4.61. The minimum Gasteiger partial charge on any atom is -0.376 e. The quantitative estimate of drug-likeness (QED) is 0.767. The van der Waals surface area contributed by atoms with Gasteiger partial charge >= 0.3 is 0 Å². The summed E-state index contributed by atoms with van der Waals surface area (Å²) < 4.78 is 5.89. The van der Waals surface area contributed by atoms with E-state index >= 15 is 0 Å². The van der Waals surface area contributed by atoms with Gasteiger partial charge in [-0.2, -0.15) is 0 Å². The van der Waals surface area contributed by atoms with Crippen LogP contribution < -0.4 is 11.1 Å². The number of hydrogen-bond donors (Lipinski definition) is 2. The molecule has 1 amide bonds. The molecule has 0 heterocycles. The number of carbonyl (C=O) groups excluding carboxylic acids is 1. The second-order valence-electron chi connectivity index (χ2n) is 6.29. The fraction of sp³-hybridized carbons (Fsp3) is 0.933. The van der Waals surface area contributed by atoms with Crippen molar-refractivity contribution in [2.24, 2.45) is 11.7 Å². The Hall–Kier alpha value is -0.320. The van der Waals surface area contributed by atoms with Crippen LogP contribution in [-0.4, -0.2) is 30.7 Å². The second kappa shape index (κ2) is 8.20. The standard InChI is InChI=1S/C15H28N2O2.ClH/c1-12-6-2-3-7-13(12)19-11-10-17-14(18)15(16)8-4-5-9-15;/h12-13H,2-11,16H2,1H3,(H,17,18);1H. The van der Waals surface area contributed by atoms with E-state index in [2.05, 4.69) is 12.2 Å². The lowest BCUT2D eigenvalue weighted by atomic mass is 9.88. The Morgan fingerprint density at radius 3 is 2.55 bits per heavy atom. The Kier molecular flexibility index (Phi) is 7.27. The molecule has 0 radical (unpaired) electrons. The van der Waals surface area contributed by atoms with Gasteiger partial charge in [-0.05, 0) is 31.6 Å². The summed E-state index contributed by atoms with van der Waals surface area (Å²) in [6, 6.07) is 0. The highest BCUT2D eigenvalue weighted by Crippen LogP contribution is 2.27. The minimum atomic E-state index is -0.613. The number of halogens is 1. The van der Waals surface area contributed by atoms with Crippen molar-refractivity contribution in [3.8, 4) is 0 Å². The van der Waals surface area contributed by atoms with Crippen molar-refractivity contribution < 1.29 is 9.53 Å². The van der Waals surface area contributed by atoms with Crippen molar-refractivity contribution in [3.63, 3.8) is 0 Å². The summed E-state index contributed by atoms with van der Waals surface area (Å²) in [4.78, 5) is 12.0. The fourth-order valence-electron chi connectivity index (χ4n) is 3.31. The van der Waals surface area contributed by atoms with Gasteiger partial charge in [0.1, 0.15) is 0 Å². The number of rotatable bonds is 5. The number of amides is 1. The topological polar surface area (TPSA) is 64.3 Å². The molecule has 0 spiro atoms. The number of hydrogen-bond acceptors (Lipinski definition) is 3. The second-order valence-corrected chi connectivity index (χ2v) is 6.29. The highest BCUT2D eigenvalue weighted by Gasteiger charge is 2.36. The van der Waals surface area contributed by atoms with Gasteiger partial charge < -0.3 is 15.8 Å². The van der Waals surface area contributed by atoms with Gasteiger partial charge in [-0.1, -0.05) is 32.6 Å². The zero-order chi connectivity index (χ0) is 13.7. The van der Waals surface area contributed by atoms with Crippen molar-refractivity contribution in [1.29, 1.82) is 0 Å². The highest BCUT2D eigenvalue weighted by atomic mass is 35.5. The van der Waals surface area contributed by atoms with Crippen LogP contribution in [0.3, 0.4) is 0 Å². The highest BCUT2D eigenvalue weighted by molar-refractivity contribution is 5.86. The van der Waals surface area contributed by atoms with Crippen LogP contribution in [0.2, 0.25) is 0 Å². The Morgan fingerprint density at radius 2 is 1.90 bits per heavy atom. The molecule has 0 aliphatic heterocycles. The Labute approximate surface area is 128 Å². The van der Waals surface area contributed by atoms with E-state index in [0.717, 1.165) is 32.1 Å². The molecule has 0 aromatic heterocycles. The maximum Gasteiger partial charge on any atom is 0.240 e. The largest absolute Gasteiger partial charge is 0.376 e. The molecular weight excluding hydrogens is 276 g/mol. The maximum absolute atomic E-state index is 12.0. The van der Waals surface area contributed by atoms with Crippen molar-refractivity contribution >= 4 is 18.3 Å². The Bertz CT molecular complexity index is 306. The van der Waals surface area contributed by atoms with E-state index in [-0.39, 0.29) is 18.3 Å². The molecule has 3 N–H and O–H groups in total. The van der Waals surface area contributed by atoms with Crippen LogP contribution in [0, 0.1) is 5.92 Å². The van der Waals surface area contributed by atoms with Gasteiger partial charge in [0.25, 0.3) is 0 Å². The first-order valence-corrected chi connectivity index (χ1v) is 7.81. The Morgan fingerprint density at radius 1 is 1.25 bits per heavy atom. The van der Waals surface area contributed by atoms with Crippen LogP contribution >= 0.6 is 12.4 Å². The summed E-state index contributed by atoms with van der Waals surface area (Å²) in [5.74, 6) is 0.658. The molecule has 2 unspecified atom stereocenters. The average molecular weight is 305 g/mol. The van der Waals surface area contributed by atoms with E-state index in [9.17, 15) is 4.79 Å². The van der Waals surface area contributed by atoms with Gasteiger partial charge in [0.15, 0.2) is 0 Å². The fourth-order valence-corrected chi connectivity index (χ4v) is 3.31. The van der Waals surface area contributed by atoms with E-state index in [4.69, 9.17) is 10.5 Å². The van der Waals surface area contributed by atoms with Crippen LogP contribution in [0.1, 0.15) is 58.3 Å². The van der Waals surface area contributed by atoms with Crippen LogP contribution in [-0.2, 0) is 9.53 Å². The molecule has 2 atom stereocenters. The first kappa shape index (κ1) is 17.7. The summed E-state index contributed by atoms with van der Waals surface area (Å²) in [5.41, 5.74) is 5.48. The van der Waals surface area contributed by atoms with E-state index in [1.165, 1.54) is 19.3 Å². The summed E-state index contributed by atoms with van der Waals surface area (Å²) in [5, 5.41) is 2.93. The van der Waals surface area contributed by atoms with E-state index < -0.39 is 5.54 Å². The third-order valence-corrected chi connectivity index (χ3v) is 4.70. The van der Waals surface area contributed by atoms with Crippen molar-refractivity contribution in [3.05, 3.63) is 0 Å². The predicted molar refractivity (Wildman–Crippen MR) is 83.0 cm³/mol. The molecule has 5 heteroatoms. The number of nitrogens with one attached hydrogen (secondary N) is 1. The predicted octanol–water partition coefficient (Wildman–Crippen LogP) is 2.39. The van der Waals surface area contributed by atoms with Crippen LogP contribution in [0.5, 0.6) is 0 Å². The van der Waals surface area contributed by atoms with Crippen LogP contribution in [0.4, 0.5) is 0 Å². The first-order chi connectivity index (χ1) is 9.12. The molecule has 2 aliphatic rings. The van der Waals surface area contributed by atoms with E-state index in [0.29, 0.717) is 25.2 Å². The molecule has 0 aromatic rings. The van der Waals surface area contributed by atoms with Gasteiger partial charge in [0, 0.05) is 6.54 Å². The summed E-state index contributed by atoms with van der Waals surface area (Å²) in [6.45, 7) is 3.45. The minimum absolute atomic E-state index is 0. The van der Waals surface area contributed by atoms with Crippen LogP contribution in [0.15, 0.2) is 0 Å². The maximum atomic E-state index is 12.0. The molecule has 20 heavy (non-hydrogen) atoms. The summed E-state index contributed by atoms with van der Waals surface area (Å²) >= 11 is 0. The molecule has 0 bridgehead atoms. The first-order valence-electron chi connectivity index (χ1n) is 7.81. The monoisotopic (exact) mass is 304 g/mol. The lowest BCUT2D eigenvalue weighted by molar-refractivity contribution is -0.126. The van der Waals surface area contributed by atoms with Gasteiger partial charge in [-0.15, -0.1) is 12.4 Å². The normalized spacial score (nSPS) is 28.7. The zero-order valence-corrected chi connectivity index (χ0v) is 13.3. The molecule has 2 rings (SSSR count). The van der Waals surface area contributed by atoms with E-state index in [1.54, 1.807) is 0 Å². The molecule has 0 saturated heterocycles. The van der Waals surface area contributed by atoms with Crippen molar-refractivity contribution in [1.82, 2.24) is 5.32 Å². The van der Waals surface area contributed by atoms with E-state index in [1.807, 2.05) is 0 Å². The lowest BCUT2D eigenvalue weighted by Crippen LogP contribution is -2.52. The molecule has 118 valence electrons. The third-order valence-electron chi connectivity index (χ3n) is 4.70. The number of carbonyl (C=O) groups is 1. The molecule has 2 aliphatic carbocycles. The lowest BCUT2D eigenvalue weighted by Gasteiger charge is -2.29. The SMILES string of the molecule is CC1CCCCC1OCCNC(=O)C1(N)CCCC1.Cl. The van der Waals surface area contributed by atoms with Gasteiger partial charge in [0.05, 0.1) is 18.2 Å². The molecule has 2 fully saturated rings. The number of ether oxygens (including phenoxy) is 1. The van der Waals surface area contributed by atoms with Crippen molar-refractivity contribution in [2.75, 3.05) is 13.2 Å². The van der Waals surface area contributed by atoms with Crippen LogP contribution in [0.25, 0.3) is 0 Å². The van der Waals surface area contributed by atoms with Crippen molar-refractivity contribution in [2.45, 2.75) is 69.9 Å². The zero-order valence-electron chi connectivity index (χ0n) is 12.5. The summed E-state index contributed by atoms with van der Waals surface area (Å²) in [7, 11) is 0. The molecule has 0 aromatic carbocycles. The van der Waals surface area contributed by atoms with Gasteiger partial charge in [-0.25, -0.2) is 0 Å². The molecular formula is C15H29ClN2O2. The molecule has 2 saturated carbocycles. The summed E-state index contributed by atoms with van der Waals surface area (Å²) in [6.07, 6.45) is 9.18. The molecule has 4 nitrogen and oxygen atoms in total. The Balaban J connectivity index is 0.00000200. The van der Waals surface area contributed by atoms with Gasteiger partial charge in [-0.3, -0.25) is 4.79 Å². The average Bonchev–Trinajstić information content (AvgIpc) is 2.84. The number of nitrogens with two attached hydrogens (primary N) is 1.